The molecule has 0 bridgehead atoms. The maximum atomic E-state index is 2.49. The number of aromatic nitrogens is 1. The molecule has 0 N–H and O–H groups in total. The highest BCUT2D eigenvalue weighted by Crippen LogP contribution is 2.49. The fourth-order valence-corrected chi connectivity index (χ4v) is 9.05. The van der Waals surface area contributed by atoms with Crippen LogP contribution < -0.4 is 9.80 Å². The number of hydrogen-bond acceptors (Lipinski definition) is 2. The number of allylic oxidation sites excluding steroid dienone is 2. The molecule has 2 unspecified atom stereocenters. The lowest BCUT2D eigenvalue weighted by atomic mass is 9.89. The first-order valence-corrected chi connectivity index (χ1v) is 19.8. The monoisotopic (exact) mass is 729 g/mol. The molecule has 57 heavy (non-hydrogen) atoms. The summed E-state index contributed by atoms with van der Waals surface area (Å²) in [5.74, 6) is 0.310. The van der Waals surface area contributed by atoms with Crippen molar-refractivity contribution < 1.29 is 0 Å². The largest absolute Gasteiger partial charge is 0.333 e. The summed E-state index contributed by atoms with van der Waals surface area (Å²) in [5, 5.41) is 2.53. The fourth-order valence-electron chi connectivity index (χ4n) is 9.05. The van der Waals surface area contributed by atoms with E-state index in [2.05, 4.69) is 239 Å². The van der Waals surface area contributed by atoms with E-state index in [-0.39, 0.29) is 6.04 Å². The lowest BCUT2D eigenvalue weighted by Gasteiger charge is -2.28. The van der Waals surface area contributed by atoms with Crippen LogP contribution in [0.3, 0.4) is 0 Å². The maximum absolute atomic E-state index is 2.49. The molecule has 11 rings (SSSR count). The van der Waals surface area contributed by atoms with Crippen LogP contribution in [-0.4, -0.2) is 10.6 Å². The number of hydrogen-bond donors (Lipinski definition) is 0. The molecular formula is C54H39N3. The Hall–Kier alpha value is -7.36. The molecule has 3 nitrogen and oxygen atoms in total. The summed E-state index contributed by atoms with van der Waals surface area (Å²) in [5.41, 5.74) is 15.6. The Morgan fingerprint density at radius 3 is 1.51 bits per heavy atom. The molecule has 0 fully saturated rings. The second-order valence-electron chi connectivity index (χ2n) is 14.9. The number of nitrogens with zero attached hydrogens (tertiary/aromatic N) is 3. The molecule has 270 valence electrons. The van der Waals surface area contributed by atoms with Crippen LogP contribution >= 0.6 is 0 Å². The zero-order valence-corrected chi connectivity index (χ0v) is 31.4. The van der Waals surface area contributed by atoms with Crippen molar-refractivity contribution in [3.8, 4) is 27.9 Å². The zero-order valence-electron chi connectivity index (χ0n) is 31.4. The van der Waals surface area contributed by atoms with Crippen LogP contribution in [0.2, 0.25) is 0 Å². The molecule has 3 heteroatoms. The maximum Gasteiger partial charge on any atom is 0.0629 e. The van der Waals surface area contributed by atoms with E-state index < -0.39 is 0 Å². The van der Waals surface area contributed by atoms with Gasteiger partial charge in [-0.25, -0.2) is 0 Å². The van der Waals surface area contributed by atoms with Gasteiger partial charge in [-0.1, -0.05) is 140 Å². The van der Waals surface area contributed by atoms with Crippen LogP contribution in [0, 0.1) is 0 Å². The predicted octanol–water partition coefficient (Wildman–Crippen LogP) is 14.3. The standard InChI is InChI=1S/C54H39N3/c1-3-13-38(14-4-1)39-23-28-43(29-24-39)55(45-32-34-46(35-33-45)57-51-20-10-7-17-47(51)48-18-8-11-21-52(48)57)44-30-25-40(26-31-44)41-27-36-54-50(37-41)49-19-9-12-22-53(49)56(54)42-15-5-2-6-16-42/h1-37,49,53H. The van der Waals surface area contributed by atoms with Crippen molar-refractivity contribution in [1.29, 1.82) is 0 Å². The normalized spacial score (nSPS) is 15.5. The molecule has 9 aromatic rings. The van der Waals surface area contributed by atoms with Crippen molar-refractivity contribution in [2.75, 3.05) is 9.80 Å². The smallest absolute Gasteiger partial charge is 0.0629 e. The topological polar surface area (TPSA) is 11.4 Å². The van der Waals surface area contributed by atoms with Crippen LogP contribution in [0.25, 0.3) is 49.7 Å². The lowest BCUT2D eigenvalue weighted by Crippen LogP contribution is -2.28. The minimum Gasteiger partial charge on any atom is -0.333 e. The zero-order chi connectivity index (χ0) is 37.7. The highest BCUT2D eigenvalue weighted by atomic mass is 15.2. The van der Waals surface area contributed by atoms with Crippen LogP contribution in [0.15, 0.2) is 224 Å². The summed E-state index contributed by atoms with van der Waals surface area (Å²) in [6, 6.07) is 73.0. The average molecular weight is 730 g/mol. The third kappa shape index (κ3) is 5.67. The van der Waals surface area contributed by atoms with Gasteiger partial charge in [-0.2, -0.15) is 0 Å². The van der Waals surface area contributed by atoms with E-state index in [1.54, 1.807) is 0 Å². The molecule has 8 aromatic carbocycles. The summed E-state index contributed by atoms with van der Waals surface area (Å²) in [7, 11) is 0. The average Bonchev–Trinajstić information content (AvgIpc) is 3.81. The van der Waals surface area contributed by atoms with Gasteiger partial charge in [0.15, 0.2) is 0 Å². The minimum absolute atomic E-state index is 0.271. The van der Waals surface area contributed by atoms with Gasteiger partial charge in [0.05, 0.1) is 17.1 Å². The highest BCUT2D eigenvalue weighted by molar-refractivity contribution is 6.09. The van der Waals surface area contributed by atoms with Crippen LogP contribution in [0.1, 0.15) is 11.5 Å². The van der Waals surface area contributed by atoms with Gasteiger partial charge in [0.1, 0.15) is 0 Å². The van der Waals surface area contributed by atoms with Gasteiger partial charge >= 0.3 is 0 Å². The van der Waals surface area contributed by atoms with Gasteiger partial charge in [-0.05, 0) is 113 Å². The Balaban J connectivity index is 0.970. The summed E-state index contributed by atoms with van der Waals surface area (Å²) in [6.45, 7) is 0. The van der Waals surface area contributed by atoms with Gasteiger partial charge in [0, 0.05) is 50.8 Å². The molecule has 0 amide bonds. The Labute approximate surface area is 333 Å². The van der Waals surface area contributed by atoms with Crippen LogP contribution in [-0.2, 0) is 0 Å². The second kappa shape index (κ2) is 13.7. The summed E-state index contributed by atoms with van der Waals surface area (Å²) < 4.78 is 2.37. The number of para-hydroxylation sites is 3. The third-order valence-corrected chi connectivity index (χ3v) is 11.7. The van der Waals surface area contributed by atoms with Gasteiger partial charge in [-0.3, -0.25) is 0 Å². The van der Waals surface area contributed by atoms with Gasteiger partial charge < -0.3 is 14.4 Å². The minimum atomic E-state index is 0.271. The first-order valence-electron chi connectivity index (χ1n) is 19.8. The van der Waals surface area contributed by atoms with Crippen molar-refractivity contribution in [3.63, 3.8) is 0 Å². The Morgan fingerprint density at radius 1 is 0.386 bits per heavy atom. The SMILES string of the molecule is C1=CC2c3cc(-c4ccc(N(c5ccc(-c6ccccc6)cc5)c5ccc(-n6c7ccccc7c7ccccc76)cc5)cc4)ccc3N(c3ccccc3)C2C=C1. The number of rotatable bonds is 7. The van der Waals surface area contributed by atoms with Crippen molar-refractivity contribution in [2.45, 2.75) is 12.0 Å². The molecule has 1 aliphatic carbocycles. The molecule has 1 aromatic heterocycles. The highest BCUT2D eigenvalue weighted by Gasteiger charge is 2.37. The first-order chi connectivity index (χ1) is 28.3. The summed E-state index contributed by atoms with van der Waals surface area (Å²) >= 11 is 0. The number of fused-ring (bicyclic) bond motifs is 6. The Kier molecular flexibility index (Phi) is 7.96. The summed E-state index contributed by atoms with van der Waals surface area (Å²) in [6.07, 6.45) is 9.06. The van der Waals surface area contributed by atoms with Crippen LogP contribution in [0.5, 0.6) is 0 Å². The van der Waals surface area contributed by atoms with Crippen molar-refractivity contribution >= 4 is 50.2 Å². The Morgan fingerprint density at radius 2 is 0.877 bits per heavy atom. The molecule has 0 saturated heterocycles. The first kappa shape index (κ1) is 33.0. The van der Waals surface area contributed by atoms with E-state index in [0.29, 0.717) is 5.92 Å². The molecule has 2 heterocycles. The molecule has 1 aliphatic heterocycles. The van der Waals surface area contributed by atoms with Crippen molar-refractivity contribution in [1.82, 2.24) is 4.57 Å². The molecule has 0 saturated carbocycles. The molecule has 2 atom stereocenters. The van der Waals surface area contributed by atoms with E-state index in [0.717, 1.165) is 22.7 Å². The van der Waals surface area contributed by atoms with E-state index >= 15 is 0 Å². The van der Waals surface area contributed by atoms with E-state index in [1.165, 1.54) is 61.0 Å². The summed E-state index contributed by atoms with van der Waals surface area (Å²) in [4.78, 5) is 4.85. The molecule has 2 aliphatic rings. The third-order valence-electron chi connectivity index (χ3n) is 11.7. The molecular weight excluding hydrogens is 691 g/mol. The number of benzene rings is 8. The lowest BCUT2D eigenvalue weighted by molar-refractivity contribution is 0.745. The predicted molar refractivity (Wildman–Crippen MR) is 240 cm³/mol. The van der Waals surface area contributed by atoms with Crippen molar-refractivity contribution in [3.05, 3.63) is 230 Å². The molecule has 0 spiro atoms. The molecule has 0 radical (unpaired) electrons. The van der Waals surface area contributed by atoms with Gasteiger partial charge in [0.25, 0.3) is 0 Å². The van der Waals surface area contributed by atoms with E-state index in [9.17, 15) is 0 Å². The van der Waals surface area contributed by atoms with E-state index in [4.69, 9.17) is 0 Å². The van der Waals surface area contributed by atoms with Gasteiger partial charge in [-0.15, -0.1) is 0 Å². The fraction of sp³-hybridized carbons (Fsp3) is 0.0370. The quantitative estimate of drug-likeness (QED) is 0.162. The number of anilines is 5. The second-order valence-corrected chi connectivity index (χ2v) is 14.9. The van der Waals surface area contributed by atoms with Gasteiger partial charge in [0.2, 0.25) is 0 Å². The van der Waals surface area contributed by atoms with Crippen molar-refractivity contribution in [2.24, 2.45) is 0 Å². The Bertz CT molecular complexity index is 2890. The van der Waals surface area contributed by atoms with E-state index in [1.807, 2.05) is 0 Å². The van der Waals surface area contributed by atoms with Crippen LogP contribution in [0.4, 0.5) is 28.4 Å².